The zero-order valence-corrected chi connectivity index (χ0v) is 17.1. The van der Waals surface area contributed by atoms with Crippen LogP contribution in [0.3, 0.4) is 0 Å². The smallest absolute Gasteiger partial charge is 0.248 e. The Hall–Kier alpha value is -2.48. The molecular formula is C23H24F4N2O2. The minimum atomic E-state index is -2.71. The van der Waals surface area contributed by atoms with Crippen molar-refractivity contribution >= 4 is 5.91 Å². The van der Waals surface area contributed by atoms with Gasteiger partial charge in [-0.25, -0.2) is 17.6 Å². The largest absolute Gasteiger partial charge is 0.394 e. The predicted octanol–water partition coefficient (Wildman–Crippen LogP) is 4.67. The monoisotopic (exact) mass is 436 g/mol. The average molecular weight is 436 g/mol. The molecule has 1 aromatic heterocycles. The maximum absolute atomic E-state index is 14.7. The van der Waals surface area contributed by atoms with Crippen LogP contribution in [0.15, 0.2) is 30.5 Å². The Kier molecular flexibility index (Phi) is 5.54. The van der Waals surface area contributed by atoms with Gasteiger partial charge in [-0.05, 0) is 54.7 Å². The maximum Gasteiger partial charge on any atom is 0.248 e. The fourth-order valence-corrected chi connectivity index (χ4v) is 4.82. The van der Waals surface area contributed by atoms with E-state index in [1.165, 1.54) is 13.1 Å². The van der Waals surface area contributed by atoms with Crippen LogP contribution in [0.4, 0.5) is 17.6 Å². The number of carbonyl (C=O) groups is 1. The summed E-state index contributed by atoms with van der Waals surface area (Å²) in [5.41, 5.74) is 0.666. The van der Waals surface area contributed by atoms with Gasteiger partial charge in [0.15, 0.2) is 0 Å². The Balaban J connectivity index is 1.83. The second-order valence-electron chi connectivity index (χ2n) is 8.66. The van der Waals surface area contributed by atoms with Crippen LogP contribution in [0.1, 0.15) is 62.1 Å². The summed E-state index contributed by atoms with van der Waals surface area (Å²) in [5, 5.41) is 12.8. The van der Waals surface area contributed by atoms with Crippen LogP contribution < -0.4 is 5.32 Å². The maximum atomic E-state index is 14.7. The molecule has 2 aliphatic rings. The molecule has 4 rings (SSSR count). The quantitative estimate of drug-likeness (QED) is 0.670. The van der Waals surface area contributed by atoms with E-state index in [1.807, 2.05) is 0 Å². The fourth-order valence-electron chi connectivity index (χ4n) is 4.82. The van der Waals surface area contributed by atoms with Crippen LogP contribution in [0, 0.1) is 11.6 Å². The van der Waals surface area contributed by atoms with Gasteiger partial charge in [0, 0.05) is 49.1 Å². The molecule has 2 fully saturated rings. The summed E-state index contributed by atoms with van der Waals surface area (Å²) in [4.78, 5) is 16.2. The molecule has 1 aromatic carbocycles. The lowest BCUT2D eigenvalue weighted by Crippen LogP contribution is -2.40. The number of alkyl halides is 2. The highest BCUT2D eigenvalue weighted by molar-refractivity contribution is 5.76. The first-order valence-electron chi connectivity index (χ1n) is 10.4. The van der Waals surface area contributed by atoms with Gasteiger partial charge in [0.25, 0.3) is 0 Å². The molecule has 2 N–H and O–H groups in total. The Morgan fingerprint density at radius 1 is 1.19 bits per heavy atom. The van der Waals surface area contributed by atoms with Crippen LogP contribution in [-0.4, -0.2) is 34.1 Å². The lowest BCUT2D eigenvalue weighted by Gasteiger charge is -2.30. The minimum Gasteiger partial charge on any atom is -0.394 e. The van der Waals surface area contributed by atoms with Crippen LogP contribution >= 0.6 is 0 Å². The van der Waals surface area contributed by atoms with Gasteiger partial charge in [0.1, 0.15) is 11.6 Å². The van der Waals surface area contributed by atoms with Crippen LogP contribution in [0.5, 0.6) is 0 Å². The van der Waals surface area contributed by atoms with Gasteiger partial charge in [-0.2, -0.15) is 0 Å². The van der Waals surface area contributed by atoms with Gasteiger partial charge in [0.05, 0.1) is 12.1 Å². The summed E-state index contributed by atoms with van der Waals surface area (Å²) in [6.07, 6.45) is 1.79. The van der Waals surface area contributed by atoms with Crippen LogP contribution in [0.2, 0.25) is 0 Å². The third-order valence-electron chi connectivity index (χ3n) is 6.47. The van der Waals surface area contributed by atoms with E-state index in [-0.39, 0.29) is 55.6 Å². The number of rotatable bonds is 5. The van der Waals surface area contributed by atoms with E-state index in [0.29, 0.717) is 23.2 Å². The molecule has 1 heterocycles. The highest BCUT2D eigenvalue weighted by Crippen LogP contribution is 2.56. The summed E-state index contributed by atoms with van der Waals surface area (Å²) in [7, 11) is 0. The van der Waals surface area contributed by atoms with Crippen molar-refractivity contribution in [2.45, 2.75) is 62.3 Å². The zero-order chi connectivity index (χ0) is 22.4. The average Bonchev–Trinajstić information content (AvgIpc) is 3.42. The second-order valence-corrected chi connectivity index (χ2v) is 8.66. The van der Waals surface area contributed by atoms with E-state index in [1.54, 1.807) is 6.07 Å². The number of carbonyl (C=O) groups excluding carboxylic acids is 1. The second kappa shape index (κ2) is 7.89. The molecule has 166 valence electrons. The first-order chi connectivity index (χ1) is 14.7. The lowest BCUT2D eigenvalue weighted by molar-refractivity contribution is -0.120. The number of aromatic nitrogens is 1. The third kappa shape index (κ3) is 4.18. The van der Waals surface area contributed by atoms with Crippen molar-refractivity contribution in [1.29, 1.82) is 0 Å². The number of benzene rings is 1. The number of aliphatic hydroxyl groups is 1. The third-order valence-corrected chi connectivity index (χ3v) is 6.47. The molecule has 31 heavy (non-hydrogen) atoms. The Bertz CT molecular complexity index is 1000. The molecule has 0 radical (unpaired) electrons. The highest BCUT2D eigenvalue weighted by Gasteiger charge is 2.57. The van der Waals surface area contributed by atoms with Gasteiger partial charge in [-0.15, -0.1) is 0 Å². The van der Waals surface area contributed by atoms with Crippen molar-refractivity contribution in [3.8, 4) is 11.1 Å². The zero-order valence-electron chi connectivity index (χ0n) is 17.1. The Morgan fingerprint density at radius 3 is 2.55 bits per heavy atom. The van der Waals surface area contributed by atoms with Gasteiger partial charge < -0.3 is 10.4 Å². The molecular weight excluding hydrogens is 412 g/mol. The molecule has 2 atom stereocenters. The molecule has 2 unspecified atom stereocenters. The Labute approximate surface area is 177 Å². The summed E-state index contributed by atoms with van der Waals surface area (Å²) >= 11 is 0. The molecule has 0 saturated heterocycles. The fraction of sp³-hybridized carbons (Fsp3) is 0.478. The van der Waals surface area contributed by atoms with Crippen LogP contribution in [0.25, 0.3) is 11.1 Å². The molecule has 4 nitrogen and oxygen atoms in total. The Morgan fingerprint density at radius 2 is 1.90 bits per heavy atom. The first-order valence-corrected chi connectivity index (χ1v) is 10.4. The van der Waals surface area contributed by atoms with E-state index < -0.39 is 23.1 Å². The molecule has 2 saturated carbocycles. The van der Waals surface area contributed by atoms with Crippen molar-refractivity contribution in [1.82, 2.24) is 10.3 Å². The number of amides is 1. The van der Waals surface area contributed by atoms with Gasteiger partial charge in [0.2, 0.25) is 11.8 Å². The number of nitrogens with one attached hydrogen (secondary N) is 1. The van der Waals surface area contributed by atoms with E-state index in [9.17, 15) is 27.5 Å². The standard InChI is InChI=1S/C23H24F4N2O2/c1-13(31)29-22(12-30)11-18(22)20-16(17-10-15(24)2-3-19(17)25)6-9-28-21(20)14-4-7-23(26,27)8-5-14/h2-3,6,9-10,14,18,30H,4-5,7-8,11-12H2,1H3,(H,29,31). The normalized spacial score (nSPS) is 25.3. The van der Waals surface area contributed by atoms with Crippen molar-refractivity contribution < 1.29 is 27.5 Å². The number of nitrogens with zero attached hydrogens (tertiary/aromatic N) is 1. The SMILES string of the molecule is CC(=O)NC1(CO)CC1c1c(-c2cc(F)ccc2F)ccnc1C1CCC(F)(F)CC1. The van der Waals surface area contributed by atoms with Crippen LogP contribution in [-0.2, 0) is 4.79 Å². The van der Waals surface area contributed by atoms with Gasteiger partial charge >= 0.3 is 0 Å². The minimum absolute atomic E-state index is 0.0429. The summed E-state index contributed by atoms with van der Waals surface area (Å²) in [5.74, 6) is -4.91. The number of hydrogen-bond donors (Lipinski definition) is 2. The van der Waals surface area contributed by atoms with Crippen molar-refractivity contribution in [2.75, 3.05) is 6.61 Å². The van der Waals surface area contributed by atoms with E-state index in [4.69, 9.17) is 0 Å². The molecule has 1 amide bonds. The number of aliphatic hydroxyl groups excluding tert-OH is 1. The number of hydrogen-bond acceptors (Lipinski definition) is 3. The van der Waals surface area contributed by atoms with Crippen molar-refractivity contribution in [3.05, 3.63) is 53.4 Å². The van der Waals surface area contributed by atoms with Gasteiger partial charge in [-0.1, -0.05) is 0 Å². The topological polar surface area (TPSA) is 62.2 Å². The molecule has 2 aliphatic carbocycles. The summed E-state index contributed by atoms with van der Waals surface area (Å²) in [6, 6.07) is 4.72. The molecule has 8 heteroatoms. The highest BCUT2D eigenvalue weighted by atomic mass is 19.3. The summed E-state index contributed by atoms with van der Waals surface area (Å²) in [6.45, 7) is 1.01. The van der Waals surface area contributed by atoms with Crippen molar-refractivity contribution in [2.24, 2.45) is 0 Å². The molecule has 0 aliphatic heterocycles. The molecule has 0 spiro atoms. The predicted molar refractivity (Wildman–Crippen MR) is 107 cm³/mol. The summed E-state index contributed by atoms with van der Waals surface area (Å²) < 4.78 is 56.1. The van der Waals surface area contributed by atoms with Crippen molar-refractivity contribution in [3.63, 3.8) is 0 Å². The number of pyridine rings is 1. The van der Waals surface area contributed by atoms with E-state index >= 15 is 0 Å². The lowest BCUT2D eigenvalue weighted by atomic mass is 9.80. The molecule has 0 bridgehead atoms. The van der Waals surface area contributed by atoms with E-state index in [0.717, 1.165) is 18.2 Å². The first kappa shape index (κ1) is 21.7. The molecule has 2 aromatic rings. The number of halogens is 4. The van der Waals surface area contributed by atoms with E-state index in [2.05, 4.69) is 10.3 Å². The van der Waals surface area contributed by atoms with Gasteiger partial charge in [-0.3, -0.25) is 9.78 Å².